The lowest BCUT2D eigenvalue weighted by atomic mass is 9.87. The molecule has 1 aliphatic heterocycles. The molecule has 192 valence electrons. The second-order valence-electron chi connectivity index (χ2n) is 10.1. The summed E-state index contributed by atoms with van der Waals surface area (Å²) in [5.74, 6) is -0.230. The van der Waals surface area contributed by atoms with Gasteiger partial charge >= 0.3 is 0 Å². The first-order valence-corrected chi connectivity index (χ1v) is 14.7. The first-order valence-electron chi connectivity index (χ1n) is 12.0. The van der Waals surface area contributed by atoms with Crippen molar-refractivity contribution in [1.29, 1.82) is 0 Å². The molecule has 3 aromatic rings. The van der Waals surface area contributed by atoms with Gasteiger partial charge in [0.25, 0.3) is 15.9 Å². The van der Waals surface area contributed by atoms with Gasteiger partial charge < -0.3 is 10.6 Å². The molecule has 0 atom stereocenters. The fourth-order valence-electron chi connectivity index (χ4n) is 4.14. The fourth-order valence-corrected chi connectivity index (χ4v) is 7.19. The van der Waals surface area contributed by atoms with Gasteiger partial charge in [0.2, 0.25) is 0 Å². The number of amides is 1. The van der Waals surface area contributed by atoms with Gasteiger partial charge in [-0.3, -0.25) is 4.79 Å². The molecule has 0 saturated carbocycles. The Labute approximate surface area is 222 Å². The van der Waals surface area contributed by atoms with E-state index >= 15 is 0 Å². The number of rotatable bonds is 7. The summed E-state index contributed by atoms with van der Waals surface area (Å²) in [4.78, 5) is 13.1. The highest BCUT2D eigenvalue weighted by molar-refractivity contribution is 7.91. The van der Waals surface area contributed by atoms with Crippen LogP contribution >= 0.6 is 22.9 Å². The summed E-state index contributed by atoms with van der Waals surface area (Å²) < 4.78 is 28.3. The van der Waals surface area contributed by atoms with Crippen molar-refractivity contribution >= 4 is 44.6 Å². The van der Waals surface area contributed by atoms with E-state index in [1.807, 2.05) is 0 Å². The molecule has 0 spiro atoms. The molecule has 36 heavy (non-hydrogen) atoms. The van der Waals surface area contributed by atoms with E-state index in [0.29, 0.717) is 27.9 Å². The molecule has 2 N–H and O–H groups in total. The molecular weight excluding hydrogens is 514 g/mol. The van der Waals surface area contributed by atoms with Crippen LogP contribution in [0.2, 0.25) is 5.02 Å². The van der Waals surface area contributed by atoms with Gasteiger partial charge in [0.1, 0.15) is 4.21 Å². The molecule has 1 amide bonds. The van der Waals surface area contributed by atoms with E-state index in [4.69, 9.17) is 11.6 Å². The number of sulfonamides is 1. The van der Waals surface area contributed by atoms with Gasteiger partial charge in [0, 0.05) is 40.3 Å². The van der Waals surface area contributed by atoms with Crippen molar-refractivity contribution < 1.29 is 13.2 Å². The molecule has 0 radical (unpaired) electrons. The Morgan fingerprint density at radius 2 is 1.75 bits per heavy atom. The van der Waals surface area contributed by atoms with Gasteiger partial charge in [-0.1, -0.05) is 44.5 Å². The predicted octanol–water partition coefficient (Wildman–Crippen LogP) is 5.89. The maximum absolute atomic E-state index is 13.2. The van der Waals surface area contributed by atoms with Crippen LogP contribution in [0.15, 0.2) is 64.9 Å². The molecule has 1 fully saturated rings. The monoisotopic (exact) mass is 545 g/mol. The lowest BCUT2D eigenvalue weighted by molar-refractivity contribution is 0.0951. The standard InChI is InChI=1S/C27H32ClN3O3S2/c1-27(2,3)20-5-4-6-23(17-20)30-22-13-15-31(16-14-22)36(33,34)25-12-11-24(35-25)18-29-26(32)19-7-9-21(28)10-8-19/h4-12,17,22,30H,13-16,18H2,1-3H3,(H,29,32). The smallest absolute Gasteiger partial charge is 0.252 e. The maximum Gasteiger partial charge on any atom is 0.252 e. The highest BCUT2D eigenvalue weighted by Gasteiger charge is 2.30. The van der Waals surface area contributed by atoms with E-state index in [1.54, 1.807) is 40.7 Å². The number of hydrogen-bond acceptors (Lipinski definition) is 5. The third-order valence-corrected chi connectivity index (χ3v) is 10.0. The van der Waals surface area contributed by atoms with Crippen LogP contribution in [0, 0.1) is 0 Å². The SMILES string of the molecule is CC(C)(C)c1cccc(NC2CCN(S(=O)(=O)c3ccc(CNC(=O)c4ccc(Cl)cc4)s3)CC2)c1. The molecule has 1 aromatic heterocycles. The van der Waals surface area contributed by atoms with Gasteiger partial charge in [0.15, 0.2) is 0 Å². The number of anilines is 1. The van der Waals surface area contributed by atoms with Crippen molar-refractivity contribution in [3.63, 3.8) is 0 Å². The zero-order valence-electron chi connectivity index (χ0n) is 20.8. The van der Waals surface area contributed by atoms with E-state index in [1.165, 1.54) is 16.9 Å². The minimum absolute atomic E-state index is 0.0767. The molecular formula is C27H32ClN3O3S2. The first-order chi connectivity index (χ1) is 17.0. The number of piperidine rings is 1. The van der Waals surface area contributed by atoms with E-state index in [9.17, 15) is 13.2 Å². The molecule has 1 saturated heterocycles. The largest absolute Gasteiger partial charge is 0.382 e. The number of carbonyl (C=O) groups excluding carboxylic acids is 1. The lowest BCUT2D eigenvalue weighted by Crippen LogP contribution is -2.42. The number of benzene rings is 2. The van der Waals surface area contributed by atoms with Crippen molar-refractivity contribution in [2.45, 2.75) is 55.8 Å². The molecule has 0 aliphatic carbocycles. The van der Waals surface area contributed by atoms with Crippen LogP contribution in [0.25, 0.3) is 0 Å². The van der Waals surface area contributed by atoms with Crippen molar-refractivity contribution in [2.75, 3.05) is 18.4 Å². The first kappa shape index (κ1) is 26.7. The summed E-state index contributed by atoms with van der Waals surface area (Å²) >= 11 is 7.07. The van der Waals surface area contributed by atoms with Crippen molar-refractivity contribution in [2.24, 2.45) is 0 Å². The Balaban J connectivity index is 1.31. The molecule has 0 unspecified atom stereocenters. The fraction of sp³-hybridized carbons (Fsp3) is 0.370. The Morgan fingerprint density at radius 1 is 1.06 bits per heavy atom. The van der Waals surface area contributed by atoms with Crippen LogP contribution in [0.5, 0.6) is 0 Å². The lowest BCUT2D eigenvalue weighted by Gasteiger charge is -2.32. The van der Waals surface area contributed by atoms with Crippen molar-refractivity contribution in [1.82, 2.24) is 9.62 Å². The Hall–Kier alpha value is -2.39. The van der Waals surface area contributed by atoms with E-state index in [2.05, 4.69) is 55.7 Å². The third kappa shape index (κ3) is 6.48. The third-order valence-electron chi connectivity index (χ3n) is 6.31. The second-order valence-corrected chi connectivity index (χ2v) is 13.8. The Morgan fingerprint density at radius 3 is 2.42 bits per heavy atom. The van der Waals surface area contributed by atoms with E-state index in [0.717, 1.165) is 23.4 Å². The summed E-state index contributed by atoms with van der Waals surface area (Å²) in [5, 5.41) is 6.98. The predicted molar refractivity (Wildman–Crippen MR) is 147 cm³/mol. The number of hydrogen-bond donors (Lipinski definition) is 2. The molecule has 2 aromatic carbocycles. The average Bonchev–Trinajstić information content (AvgIpc) is 3.33. The zero-order valence-corrected chi connectivity index (χ0v) is 23.1. The average molecular weight is 546 g/mol. The number of nitrogens with one attached hydrogen (secondary N) is 2. The molecule has 9 heteroatoms. The summed E-state index contributed by atoms with van der Waals surface area (Å²) in [6, 6.07) is 18.7. The molecule has 6 nitrogen and oxygen atoms in total. The van der Waals surface area contributed by atoms with E-state index in [-0.39, 0.29) is 23.9 Å². The number of nitrogens with zero attached hydrogens (tertiary/aromatic N) is 1. The van der Waals surface area contributed by atoms with Gasteiger partial charge in [-0.05, 0) is 72.4 Å². The van der Waals surface area contributed by atoms with Crippen LogP contribution in [-0.2, 0) is 22.0 Å². The topological polar surface area (TPSA) is 78.5 Å². The summed E-state index contributed by atoms with van der Waals surface area (Å²) in [5.41, 5.74) is 2.93. The highest BCUT2D eigenvalue weighted by atomic mass is 35.5. The molecule has 4 rings (SSSR count). The summed E-state index contributed by atoms with van der Waals surface area (Å²) in [7, 11) is -3.56. The van der Waals surface area contributed by atoms with E-state index < -0.39 is 10.0 Å². The van der Waals surface area contributed by atoms with Gasteiger partial charge in [-0.2, -0.15) is 4.31 Å². The number of halogens is 1. The van der Waals surface area contributed by atoms with Crippen molar-refractivity contribution in [3.8, 4) is 0 Å². The summed E-state index contributed by atoms with van der Waals surface area (Å²) in [6.07, 6.45) is 1.49. The van der Waals surface area contributed by atoms with Gasteiger partial charge in [-0.25, -0.2) is 8.42 Å². The van der Waals surface area contributed by atoms with Crippen LogP contribution in [-0.4, -0.2) is 37.8 Å². The minimum atomic E-state index is -3.56. The quantitative estimate of drug-likeness (QED) is 0.388. The maximum atomic E-state index is 13.2. The minimum Gasteiger partial charge on any atom is -0.382 e. The van der Waals surface area contributed by atoms with Crippen LogP contribution in [0.1, 0.15) is 54.4 Å². The van der Waals surface area contributed by atoms with Gasteiger partial charge in [0.05, 0.1) is 6.54 Å². The summed E-state index contributed by atoms with van der Waals surface area (Å²) in [6.45, 7) is 7.79. The second kappa shape index (κ2) is 10.9. The number of carbonyl (C=O) groups is 1. The van der Waals surface area contributed by atoms with Crippen LogP contribution < -0.4 is 10.6 Å². The Bertz CT molecular complexity index is 1310. The van der Waals surface area contributed by atoms with Crippen molar-refractivity contribution in [3.05, 3.63) is 81.7 Å². The van der Waals surface area contributed by atoms with Crippen LogP contribution in [0.3, 0.4) is 0 Å². The van der Waals surface area contributed by atoms with Crippen LogP contribution in [0.4, 0.5) is 5.69 Å². The Kier molecular flexibility index (Phi) is 8.09. The molecule has 2 heterocycles. The highest BCUT2D eigenvalue weighted by Crippen LogP contribution is 2.29. The molecule has 0 bridgehead atoms. The zero-order chi connectivity index (χ0) is 25.9. The normalized spacial score (nSPS) is 15.6. The number of thiophene rings is 1. The van der Waals surface area contributed by atoms with Gasteiger partial charge in [-0.15, -0.1) is 11.3 Å². The molecule has 1 aliphatic rings.